The number of hydrogen-bond donors (Lipinski definition) is 2. The van der Waals surface area contributed by atoms with E-state index in [9.17, 15) is 0 Å². The third-order valence-electron chi connectivity index (χ3n) is 2.73. The van der Waals surface area contributed by atoms with Crippen molar-refractivity contribution in [2.75, 3.05) is 0 Å². The second kappa shape index (κ2) is 4.77. The highest BCUT2D eigenvalue weighted by molar-refractivity contribution is 5.27. The SMILES string of the molecule is CCc1cccc(C(NN)C(C)(C)C)c1. The van der Waals surface area contributed by atoms with Crippen LogP contribution >= 0.6 is 0 Å². The number of hydrogen-bond acceptors (Lipinski definition) is 2. The molecule has 0 amide bonds. The number of benzene rings is 1. The molecule has 1 atom stereocenters. The number of nitrogens with one attached hydrogen (secondary N) is 1. The molecule has 0 aliphatic rings. The van der Waals surface area contributed by atoms with Gasteiger partial charge in [0.25, 0.3) is 0 Å². The second-order valence-electron chi connectivity index (χ2n) is 5.06. The summed E-state index contributed by atoms with van der Waals surface area (Å²) < 4.78 is 0. The number of hydrazine groups is 1. The lowest BCUT2D eigenvalue weighted by Crippen LogP contribution is -2.36. The molecule has 0 saturated heterocycles. The zero-order chi connectivity index (χ0) is 11.5. The highest BCUT2D eigenvalue weighted by atomic mass is 15.2. The Morgan fingerprint density at radius 2 is 2.00 bits per heavy atom. The van der Waals surface area contributed by atoms with E-state index < -0.39 is 0 Å². The van der Waals surface area contributed by atoms with Crippen LogP contribution in [0.25, 0.3) is 0 Å². The van der Waals surface area contributed by atoms with Gasteiger partial charge in [0.2, 0.25) is 0 Å². The maximum Gasteiger partial charge on any atom is 0.0508 e. The lowest BCUT2D eigenvalue weighted by Gasteiger charge is -2.30. The zero-order valence-electron chi connectivity index (χ0n) is 10.2. The van der Waals surface area contributed by atoms with Crippen molar-refractivity contribution in [3.8, 4) is 0 Å². The Morgan fingerprint density at radius 1 is 1.33 bits per heavy atom. The van der Waals surface area contributed by atoms with E-state index in [0.717, 1.165) is 6.42 Å². The lowest BCUT2D eigenvalue weighted by molar-refractivity contribution is 0.275. The molecule has 1 aromatic rings. The first kappa shape index (κ1) is 12.2. The Labute approximate surface area is 92.8 Å². The van der Waals surface area contributed by atoms with Gasteiger partial charge >= 0.3 is 0 Å². The first-order chi connectivity index (χ1) is 6.99. The molecule has 1 rings (SSSR count). The summed E-state index contributed by atoms with van der Waals surface area (Å²) >= 11 is 0. The van der Waals surface area contributed by atoms with Crippen LogP contribution in [0.2, 0.25) is 0 Å². The summed E-state index contributed by atoms with van der Waals surface area (Å²) in [5, 5.41) is 0. The maximum atomic E-state index is 5.63. The van der Waals surface area contributed by atoms with Gasteiger partial charge in [-0.05, 0) is 23.0 Å². The molecule has 2 nitrogen and oxygen atoms in total. The van der Waals surface area contributed by atoms with Gasteiger partial charge < -0.3 is 0 Å². The maximum absolute atomic E-state index is 5.63. The fraction of sp³-hybridized carbons (Fsp3) is 0.538. The number of aryl methyl sites for hydroxylation is 1. The van der Waals surface area contributed by atoms with E-state index in [-0.39, 0.29) is 11.5 Å². The first-order valence-corrected chi connectivity index (χ1v) is 5.54. The van der Waals surface area contributed by atoms with E-state index in [2.05, 4.69) is 57.4 Å². The van der Waals surface area contributed by atoms with Crippen molar-refractivity contribution in [2.24, 2.45) is 11.3 Å². The third kappa shape index (κ3) is 3.05. The van der Waals surface area contributed by atoms with Crippen LogP contribution in [-0.2, 0) is 6.42 Å². The molecule has 0 bridgehead atoms. The molecule has 0 aliphatic heterocycles. The van der Waals surface area contributed by atoms with Gasteiger partial charge in [-0.25, -0.2) is 0 Å². The van der Waals surface area contributed by atoms with E-state index in [1.807, 2.05) is 0 Å². The molecule has 0 heterocycles. The van der Waals surface area contributed by atoms with Crippen molar-refractivity contribution in [3.05, 3.63) is 35.4 Å². The summed E-state index contributed by atoms with van der Waals surface area (Å²) in [4.78, 5) is 0. The number of nitrogens with two attached hydrogens (primary N) is 1. The molecule has 0 spiro atoms. The van der Waals surface area contributed by atoms with Gasteiger partial charge in [-0.3, -0.25) is 11.3 Å². The Balaban J connectivity index is 3.02. The largest absolute Gasteiger partial charge is 0.271 e. The normalized spacial score (nSPS) is 13.9. The monoisotopic (exact) mass is 206 g/mol. The van der Waals surface area contributed by atoms with Gasteiger partial charge in [0.05, 0.1) is 6.04 Å². The molecular weight excluding hydrogens is 184 g/mol. The predicted octanol–water partition coefficient (Wildman–Crippen LogP) is 2.80. The van der Waals surface area contributed by atoms with Crippen LogP contribution in [0.5, 0.6) is 0 Å². The molecule has 0 aliphatic carbocycles. The molecule has 1 unspecified atom stereocenters. The smallest absolute Gasteiger partial charge is 0.0508 e. The van der Waals surface area contributed by atoms with Gasteiger partial charge in [0.15, 0.2) is 0 Å². The van der Waals surface area contributed by atoms with E-state index in [1.54, 1.807) is 0 Å². The van der Waals surface area contributed by atoms with Crippen LogP contribution in [0.4, 0.5) is 0 Å². The van der Waals surface area contributed by atoms with Crippen molar-refractivity contribution in [3.63, 3.8) is 0 Å². The Hall–Kier alpha value is -0.860. The van der Waals surface area contributed by atoms with Gasteiger partial charge in [-0.15, -0.1) is 0 Å². The molecule has 0 aromatic heterocycles. The predicted molar refractivity (Wildman–Crippen MR) is 65.3 cm³/mol. The minimum absolute atomic E-state index is 0.126. The van der Waals surface area contributed by atoms with Crippen molar-refractivity contribution in [1.82, 2.24) is 5.43 Å². The summed E-state index contributed by atoms with van der Waals surface area (Å²) in [5.74, 6) is 5.63. The summed E-state index contributed by atoms with van der Waals surface area (Å²) in [6.45, 7) is 8.74. The van der Waals surface area contributed by atoms with Gasteiger partial charge in [-0.2, -0.15) is 0 Å². The Kier molecular flexibility index (Phi) is 3.89. The minimum Gasteiger partial charge on any atom is -0.271 e. The molecule has 0 radical (unpaired) electrons. The minimum atomic E-state index is 0.126. The number of rotatable bonds is 3. The second-order valence-corrected chi connectivity index (χ2v) is 5.06. The van der Waals surface area contributed by atoms with E-state index in [1.165, 1.54) is 11.1 Å². The molecule has 3 N–H and O–H groups in total. The van der Waals surface area contributed by atoms with Crippen LogP contribution in [-0.4, -0.2) is 0 Å². The van der Waals surface area contributed by atoms with Gasteiger partial charge in [0.1, 0.15) is 0 Å². The quantitative estimate of drug-likeness (QED) is 0.589. The molecule has 2 heteroatoms. The van der Waals surface area contributed by atoms with Gasteiger partial charge in [0, 0.05) is 0 Å². The van der Waals surface area contributed by atoms with Crippen LogP contribution in [0.1, 0.15) is 44.9 Å². The third-order valence-corrected chi connectivity index (χ3v) is 2.73. The van der Waals surface area contributed by atoms with Crippen molar-refractivity contribution < 1.29 is 0 Å². The Bertz CT molecular complexity index is 313. The fourth-order valence-electron chi connectivity index (χ4n) is 1.84. The summed E-state index contributed by atoms with van der Waals surface area (Å²) in [6.07, 6.45) is 1.06. The fourth-order valence-corrected chi connectivity index (χ4v) is 1.84. The van der Waals surface area contributed by atoms with Crippen LogP contribution in [0.15, 0.2) is 24.3 Å². The van der Waals surface area contributed by atoms with Gasteiger partial charge in [-0.1, -0.05) is 52.0 Å². The van der Waals surface area contributed by atoms with Crippen LogP contribution in [0.3, 0.4) is 0 Å². The molecule has 15 heavy (non-hydrogen) atoms. The molecule has 0 saturated carbocycles. The van der Waals surface area contributed by atoms with E-state index in [4.69, 9.17) is 5.84 Å². The van der Waals surface area contributed by atoms with E-state index >= 15 is 0 Å². The van der Waals surface area contributed by atoms with Crippen molar-refractivity contribution in [1.29, 1.82) is 0 Å². The zero-order valence-corrected chi connectivity index (χ0v) is 10.2. The van der Waals surface area contributed by atoms with Crippen molar-refractivity contribution >= 4 is 0 Å². The average Bonchev–Trinajstić information content (AvgIpc) is 2.17. The summed E-state index contributed by atoms with van der Waals surface area (Å²) in [5.41, 5.74) is 5.66. The standard InChI is InChI=1S/C13H22N2/c1-5-10-7-6-8-11(9-10)12(15-14)13(2,3)4/h6-9,12,15H,5,14H2,1-4H3. The Morgan fingerprint density at radius 3 is 2.47 bits per heavy atom. The first-order valence-electron chi connectivity index (χ1n) is 5.54. The van der Waals surface area contributed by atoms with Crippen molar-refractivity contribution in [2.45, 2.75) is 40.2 Å². The highest BCUT2D eigenvalue weighted by Crippen LogP contribution is 2.32. The van der Waals surface area contributed by atoms with Crippen LogP contribution < -0.4 is 11.3 Å². The van der Waals surface area contributed by atoms with Crippen LogP contribution in [0, 0.1) is 5.41 Å². The molecular formula is C13H22N2. The summed E-state index contributed by atoms with van der Waals surface area (Å²) in [7, 11) is 0. The molecule has 84 valence electrons. The summed E-state index contributed by atoms with van der Waals surface area (Å²) in [6, 6.07) is 8.82. The molecule has 1 aromatic carbocycles. The highest BCUT2D eigenvalue weighted by Gasteiger charge is 2.24. The topological polar surface area (TPSA) is 38.0 Å². The molecule has 0 fully saturated rings. The van der Waals surface area contributed by atoms with E-state index in [0.29, 0.717) is 0 Å². The lowest BCUT2D eigenvalue weighted by atomic mass is 9.82. The average molecular weight is 206 g/mol.